The van der Waals surface area contributed by atoms with Gasteiger partial charge >= 0.3 is 0 Å². The number of rotatable bonds is 2. The Morgan fingerprint density at radius 1 is 0.812 bits per heavy atom. The first-order valence-electron chi connectivity index (χ1n) is 5.56. The summed E-state index contributed by atoms with van der Waals surface area (Å²) in [4.78, 5) is 12.1. The molecule has 16 heavy (non-hydrogen) atoms. The summed E-state index contributed by atoms with van der Waals surface area (Å²) in [7, 11) is 0. The highest BCUT2D eigenvalue weighted by atomic mass is 16.1. The van der Waals surface area contributed by atoms with Crippen LogP contribution in [0.4, 0.5) is 0 Å². The van der Waals surface area contributed by atoms with Crippen molar-refractivity contribution >= 4 is 5.78 Å². The molecule has 0 N–H and O–H groups in total. The molecule has 0 bridgehead atoms. The third kappa shape index (κ3) is 1.82. The minimum Gasteiger partial charge on any atom is -0.289 e. The van der Waals surface area contributed by atoms with Crippen LogP contribution in [0.3, 0.4) is 0 Å². The summed E-state index contributed by atoms with van der Waals surface area (Å²) in [6.45, 7) is 15.8. The fraction of sp³-hybridized carbons (Fsp3) is 0.400. The van der Waals surface area contributed by atoms with E-state index in [0.717, 1.165) is 16.7 Å². The molecule has 0 spiro atoms. The largest absolute Gasteiger partial charge is 0.289 e. The molecule has 0 aliphatic rings. The van der Waals surface area contributed by atoms with E-state index >= 15 is 0 Å². The number of Topliss-reactive ketones (excluding diaryl/α,β-unsaturated/α-hetero) is 1. The highest BCUT2D eigenvalue weighted by Gasteiger charge is 2.18. The Balaban J connectivity index is 3.64. The first kappa shape index (κ1) is 12.7. The zero-order chi connectivity index (χ0) is 12.6. The van der Waals surface area contributed by atoms with Gasteiger partial charge in [-0.25, -0.2) is 0 Å². The van der Waals surface area contributed by atoms with Gasteiger partial charge in [0.15, 0.2) is 5.78 Å². The van der Waals surface area contributed by atoms with Crippen LogP contribution in [0.25, 0.3) is 0 Å². The molecule has 0 radical (unpaired) electrons. The highest BCUT2D eigenvalue weighted by molar-refractivity contribution is 6.10. The standard InChI is InChI=1S/C15H20O/c1-8(2)15(16)14-12(6)10(4)9(3)11(5)13(14)7/h1H2,2-7H3. The Hall–Kier alpha value is -1.37. The van der Waals surface area contributed by atoms with Gasteiger partial charge in [-0.15, -0.1) is 0 Å². The highest BCUT2D eigenvalue weighted by Crippen LogP contribution is 2.27. The van der Waals surface area contributed by atoms with Crippen LogP contribution in [0.5, 0.6) is 0 Å². The van der Waals surface area contributed by atoms with E-state index < -0.39 is 0 Å². The lowest BCUT2D eigenvalue weighted by Crippen LogP contribution is -2.09. The molecule has 0 saturated heterocycles. The van der Waals surface area contributed by atoms with Gasteiger partial charge in [-0.1, -0.05) is 6.58 Å². The molecular formula is C15H20O. The second-order valence-electron chi connectivity index (χ2n) is 4.61. The number of benzene rings is 1. The molecule has 0 amide bonds. The summed E-state index contributed by atoms with van der Waals surface area (Å²) in [5.41, 5.74) is 7.35. The molecule has 1 aromatic rings. The number of carbonyl (C=O) groups is 1. The number of hydrogen-bond acceptors (Lipinski definition) is 1. The second-order valence-corrected chi connectivity index (χ2v) is 4.61. The molecule has 0 aliphatic heterocycles. The molecule has 86 valence electrons. The van der Waals surface area contributed by atoms with Crippen molar-refractivity contribution in [3.05, 3.63) is 45.5 Å². The lowest BCUT2D eigenvalue weighted by atomic mass is 9.86. The molecule has 1 aromatic carbocycles. The van der Waals surface area contributed by atoms with Gasteiger partial charge in [0.2, 0.25) is 0 Å². The molecule has 0 atom stereocenters. The van der Waals surface area contributed by atoms with Gasteiger partial charge in [0, 0.05) is 5.56 Å². The predicted octanol–water partition coefficient (Wildman–Crippen LogP) is 3.99. The number of carbonyl (C=O) groups excluding carboxylic acids is 1. The zero-order valence-electron chi connectivity index (χ0n) is 11.1. The lowest BCUT2D eigenvalue weighted by molar-refractivity contribution is 0.103. The quantitative estimate of drug-likeness (QED) is 0.539. The van der Waals surface area contributed by atoms with Gasteiger partial charge in [0.1, 0.15) is 0 Å². The molecule has 0 heterocycles. The maximum Gasteiger partial charge on any atom is 0.188 e. The minimum atomic E-state index is 0.0706. The Kier molecular flexibility index (Phi) is 3.37. The lowest BCUT2D eigenvalue weighted by Gasteiger charge is -2.17. The molecule has 1 heteroatoms. The van der Waals surface area contributed by atoms with Crippen LogP contribution in [0.2, 0.25) is 0 Å². The van der Waals surface area contributed by atoms with E-state index in [1.165, 1.54) is 16.7 Å². The Morgan fingerprint density at radius 2 is 1.12 bits per heavy atom. The van der Waals surface area contributed by atoms with E-state index in [2.05, 4.69) is 27.4 Å². The topological polar surface area (TPSA) is 17.1 Å². The molecule has 0 aliphatic carbocycles. The van der Waals surface area contributed by atoms with Crippen molar-refractivity contribution in [1.82, 2.24) is 0 Å². The average molecular weight is 216 g/mol. The van der Waals surface area contributed by atoms with E-state index in [9.17, 15) is 4.79 Å². The maximum atomic E-state index is 12.1. The Labute approximate surface area is 98.2 Å². The summed E-state index contributed by atoms with van der Waals surface area (Å²) >= 11 is 0. The summed E-state index contributed by atoms with van der Waals surface area (Å²) in [5, 5.41) is 0. The van der Waals surface area contributed by atoms with E-state index in [4.69, 9.17) is 0 Å². The molecule has 1 rings (SSSR count). The van der Waals surface area contributed by atoms with Crippen LogP contribution in [-0.2, 0) is 0 Å². The van der Waals surface area contributed by atoms with Crippen LogP contribution in [0, 0.1) is 34.6 Å². The van der Waals surface area contributed by atoms with Gasteiger partial charge in [0.25, 0.3) is 0 Å². The minimum absolute atomic E-state index is 0.0706. The van der Waals surface area contributed by atoms with Gasteiger partial charge in [0.05, 0.1) is 0 Å². The average Bonchev–Trinajstić information content (AvgIpc) is 2.23. The van der Waals surface area contributed by atoms with Crippen molar-refractivity contribution in [2.24, 2.45) is 0 Å². The smallest absolute Gasteiger partial charge is 0.188 e. The maximum absolute atomic E-state index is 12.1. The number of ketones is 1. The summed E-state index contributed by atoms with van der Waals surface area (Å²) < 4.78 is 0. The fourth-order valence-corrected chi connectivity index (χ4v) is 2.05. The third-order valence-electron chi connectivity index (χ3n) is 3.61. The molecule has 0 aromatic heterocycles. The van der Waals surface area contributed by atoms with Gasteiger partial charge < -0.3 is 0 Å². The van der Waals surface area contributed by atoms with Crippen LogP contribution in [-0.4, -0.2) is 5.78 Å². The van der Waals surface area contributed by atoms with Crippen molar-refractivity contribution < 1.29 is 4.79 Å². The third-order valence-corrected chi connectivity index (χ3v) is 3.61. The van der Waals surface area contributed by atoms with E-state index in [-0.39, 0.29) is 5.78 Å². The van der Waals surface area contributed by atoms with Crippen molar-refractivity contribution in [3.63, 3.8) is 0 Å². The monoisotopic (exact) mass is 216 g/mol. The summed E-state index contributed by atoms with van der Waals surface area (Å²) in [6, 6.07) is 0. The van der Waals surface area contributed by atoms with Crippen LogP contribution < -0.4 is 0 Å². The van der Waals surface area contributed by atoms with Crippen molar-refractivity contribution in [1.29, 1.82) is 0 Å². The van der Waals surface area contributed by atoms with Crippen molar-refractivity contribution in [3.8, 4) is 0 Å². The zero-order valence-corrected chi connectivity index (χ0v) is 11.1. The fourth-order valence-electron chi connectivity index (χ4n) is 2.05. The summed E-state index contributed by atoms with van der Waals surface area (Å²) in [6.07, 6.45) is 0. The predicted molar refractivity (Wildman–Crippen MR) is 69.3 cm³/mol. The van der Waals surface area contributed by atoms with Gasteiger partial charge in [-0.2, -0.15) is 0 Å². The Bertz CT molecular complexity index is 450. The SMILES string of the molecule is C=C(C)C(=O)c1c(C)c(C)c(C)c(C)c1C. The molecule has 0 unspecified atom stereocenters. The van der Waals surface area contributed by atoms with Gasteiger partial charge in [-0.3, -0.25) is 4.79 Å². The summed E-state index contributed by atoms with van der Waals surface area (Å²) in [5.74, 6) is 0.0706. The van der Waals surface area contributed by atoms with E-state index in [1.54, 1.807) is 6.92 Å². The second kappa shape index (κ2) is 4.25. The van der Waals surface area contributed by atoms with Crippen LogP contribution >= 0.6 is 0 Å². The normalized spacial score (nSPS) is 10.4. The molecule has 1 nitrogen and oxygen atoms in total. The van der Waals surface area contributed by atoms with Crippen molar-refractivity contribution in [2.45, 2.75) is 41.5 Å². The van der Waals surface area contributed by atoms with Crippen LogP contribution in [0.15, 0.2) is 12.2 Å². The van der Waals surface area contributed by atoms with Gasteiger partial charge in [-0.05, 0) is 74.9 Å². The van der Waals surface area contributed by atoms with Crippen molar-refractivity contribution in [2.75, 3.05) is 0 Å². The first-order chi connectivity index (χ1) is 7.29. The van der Waals surface area contributed by atoms with Crippen LogP contribution in [0.1, 0.15) is 45.1 Å². The molecular weight excluding hydrogens is 196 g/mol. The molecule has 0 fully saturated rings. The number of hydrogen-bond donors (Lipinski definition) is 0. The van der Waals surface area contributed by atoms with E-state index in [1.807, 2.05) is 13.8 Å². The Morgan fingerprint density at radius 3 is 1.44 bits per heavy atom. The first-order valence-corrected chi connectivity index (χ1v) is 5.56. The van der Waals surface area contributed by atoms with E-state index in [0.29, 0.717) is 5.57 Å². The number of allylic oxidation sites excluding steroid dienone is 1. The molecule has 0 saturated carbocycles.